The van der Waals surface area contributed by atoms with Crippen LogP contribution in [0.2, 0.25) is 0 Å². The molecule has 0 atom stereocenters. The van der Waals surface area contributed by atoms with Crippen LogP contribution < -0.4 is 14.5 Å². The molecule has 0 fully saturated rings. The van der Waals surface area contributed by atoms with Gasteiger partial charge in [0, 0.05) is 12.2 Å². The van der Waals surface area contributed by atoms with Gasteiger partial charge in [0.1, 0.15) is 17.3 Å². The predicted octanol–water partition coefficient (Wildman–Crippen LogP) is 5.43. The number of benzene rings is 3. The van der Waals surface area contributed by atoms with Gasteiger partial charge in [0.25, 0.3) is 11.8 Å². The summed E-state index contributed by atoms with van der Waals surface area (Å²) in [5.74, 6) is -0.803. The zero-order valence-corrected chi connectivity index (χ0v) is 18.6. The molecule has 0 N–H and O–H groups in total. The third kappa shape index (κ3) is 4.37. The summed E-state index contributed by atoms with van der Waals surface area (Å²) in [5.41, 5.74) is 2.12. The molecule has 3 aromatic rings. The minimum atomic E-state index is -0.518. The zero-order chi connectivity index (χ0) is 23.4. The van der Waals surface area contributed by atoms with Gasteiger partial charge in [-0.25, -0.2) is 9.29 Å². The van der Waals surface area contributed by atoms with Crippen molar-refractivity contribution in [2.45, 2.75) is 20.3 Å². The molecule has 0 saturated carbocycles. The van der Waals surface area contributed by atoms with E-state index in [9.17, 15) is 14.0 Å². The van der Waals surface area contributed by atoms with Crippen LogP contribution in [0.3, 0.4) is 0 Å². The molecule has 0 spiro atoms. The second kappa shape index (κ2) is 9.69. The number of halogens is 1. The van der Waals surface area contributed by atoms with E-state index in [-0.39, 0.29) is 17.0 Å². The molecule has 2 amide bonds. The van der Waals surface area contributed by atoms with Gasteiger partial charge in [0.15, 0.2) is 0 Å². The molecular weight excluding hydrogens is 419 g/mol. The summed E-state index contributed by atoms with van der Waals surface area (Å²) in [6, 6.07) is 22.1. The highest BCUT2D eigenvalue weighted by atomic mass is 19.1. The summed E-state index contributed by atoms with van der Waals surface area (Å²) >= 11 is 0. The van der Waals surface area contributed by atoms with Gasteiger partial charge in [-0.3, -0.25) is 9.59 Å². The molecule has 5 nitrogen and oxygen atoms in total. The lowest BCUT2D eigenvalue weighted by Crippen LogP contribution is -2.35. The second-order valence-electron chi connectivity index (χ2n) is 7.60. The average Bonchev–Trinajstić information content (AvgIpc) is 3.09. The first kappa shape index (κ1) is 22.3. The van der Waals surface area contributed by atoms with E-state index in [0.29, 0.717) is 24.5 Å². The number of hydrogen-bond acceptors (Lipinski definition) is 4. The lowest BCUT2D eigenvalue weighted by molar-refractivity contribution is -0.120. The van der Waals surface area contributed by atoms with Gasteiger partial charge in [-0.2, -0.15) is 0 Å². The molecule has 0 bridgehead atoms. The molecule has 0 aromatic heterocycles. The van der Waals surface area contributed by atoms with Gasteiger partial charge in [0.05, 0.1) is 17.9 Å². The number of hydrogen-bond donors (Lipinski definition) is 0. The fourth-order valence-corrected chi connectivity index (χ4v) is 3.89. The van der Waals surface area contributed by atoms with E-state index in [1.807, 2.05) is 49.1 Å². The smallest absolute Gasteiger partial charge is 0.282 e. The molecule has 0 aliphatic carbocycles. The molecule has 1 aliphatic heterocycles. The average molecular weight is 445 g/mol. The SMILES string of the molecule is CCCOc1ccc(C2=C(N(CC)c3ccccc3)C(=O)N(c3cccc(F)c3)C2=O)cc1. The van der Waals surface area contributed by atoms with Crippen molar-refractivity contribution in [2.24, 2.45) is 0 Å². The molecule has 33 heavy (non-hydrogen) atoms. The van der Waals surface area contributed by atoms with Crippen LogP contribution >= 0.6 is 0 Å². The molecule has 0 radical (unpaired) electrons. The maximum Gasteiger partial charge on any atom is 0.282 e. The van der Waals surface area contributed by atoms with Crippen LogP contribution in [0.15, 0.2) is 84.6 Å². The van der Waals surface area contributed by atoms with E-state index in [4.69, 9.17) is 4.74 Å². The minimum absolute atomic E-state index is 0.199. The maximum absolute atomic E-state index is 13.9. The van der Waals surface area contributed by atoms with Crippen LogP contribution in [0, 0.1) is 5.82 Å². The number of nitrogens with zero attached hydrogens (tertiary/aromatic N) is 2. The Hall–Kier alpha value is -3.93. The van der Waals surface area contributed by atoms with Crippen molar-refractivity contribution in [1.82, 2.24) is 0 Å². The molecule has 168 valence electrons. The number of anilines is 2. The Kier molecular flexibility index (Phi) is 6.54. The quantitative estimate of drug-likeness (QED) is 0.435. The molecule has 0 unspecified atom stereocenters. The Labute approximate surface area is 192 Å². The first-order valence-corrected chi connectivity index (χ1v) is 11.0. The number of carbonyl (C=O) groups excluding carboxylic acids is 2. The normalized spacial score (nSPS) is 13.6. The minimum Gasteiger partial charge on any atom is -0.494 e. The molecule has 3 aromatic carbocycles. The van der Waals surface area contributed by atoms with Crippen molar-refractivity contribution in [3.63, 3.8) is 0 Å². The Balaban J connectivity index is 1.84. The molecule has 6 heteroatoms. The van der Waals surface area contributed by atoms with Gasteiger partial charge in [-0.1, -0.05) is 43.3 Å². The summed E-state index contributed by atoms with van der Waals surface area (Å²) in [6.45, 7) is 5.01. The van der Waals surface area contributed by atoms with Crippen LogP contribution in [-0.4, -0.2) is 25.0 Å². The van der Waals surface area contributed by atoms with Crippen molar-refractivity contribution in [3.05, 3.63) is 95.9 Å². The lowest BCUT2D eigenvalue weighted by atomic mass is 10.0. The van der Waals surface area contributed by atoms with Gasteiger partial charge in [-0.05, 0) is 61.4 Å². The van der Waals surface area contributed by atoms with Crippen molar-refractivity contribution in [2.75, 3.05) is 23.0 Å². The fourth-order valence-electron chi connectivity index (χ4n) is 3.89. The van der Waals surface area contributed by atoms with Gasteiger partial charge in [0.2, 0.25) is 0 Å². The topological polar surface area (TPSA) is 49.9 Å². The van der Waals surface area contributed by atoms with E-state index >= 15 is 0 Å². The Morgan fingerprint density at radius 2 is 1.61 bits per heavy atom. The van der Waals surface area contributed by atoms with Crippen LogP contribution in [0.1, 0.15) is 25.8 Å². The second-order valence-corrected chi connectivity index (χ2v) is 7.60. The van der Waals surface area contributed by atoms with E-state index in [0.717, 1.165) is 17.0 Å². The number of likely N-dealkylation sites (N-methyl/N-ethyl adjacent to an activating group) is 1. The number of ether oxygens (including phenoxy) is 1. The Morgan fingerprint density at radius 1 is 0.879 bits per heavy atom. The highest BCUT2D eigenvalue weighted by Gasteiger charge is 2.42. The third-order valence-electron chi connectivity index (χ3n) is 5.40. The van der Waals surface area contributed by atoms with Crippen LogP contribution in [0.25, 0.3) is 5.57 Å². The van der Waals surface area contributed by atoms with E-state index in [1.54, 1.807) is 30.3 Å². The van der Waals surface area contributed by atoms with Crippen molar-refractivity contribution < 1.29 is 18.7 Å². The fraction of sp³-hybridized carbons (Fsp3) is 0.185. The number of para-hydroxylation sites is 1. The number of carbonyl (C=O) groups is 2. The summed E-state index contributed by atoms with van der Waals surface area (Å²) in [5, 5.41) is 0. The van der Waals surface area contributed by atoms with Crippen molar-refractivity contribution in [3.8, 4) is 5.75 Å². The highest BCUT2D eigenvalue weighted by molar-refractivity contribution is 6.46. The van der Waals surface area contributed by atoms with Crippen molar-refractivity contribution >= 4 is 28.8 Å². The maximum atomic E-state index is 13.9. The monoisotopic (exact) mass is 444 g/mol. The molecule has 1 aliphatic rings. The van der Waals surface area contributed by atoms with Gasteiger partial charge >= 0.3 is 0 Å². The Bertz CT molecular complexity index is 1190. The van der Waals surface area contributed by atoms with Crippen LogP contribution in [0.5, 0.6) is 5.75 Å². The van der Waals surface area contributed by atoms with E-state index in [2.05, 4.69) is 0 Å². The largest absolute Gasteiger partial charge is 0.494 e. The van der Waals surface area contributed by atoms with Crippen LogP contribution in [-0.2, 0) is 9.59 Å². The van der Waals surface area contributed by atoms with Crippen molar-refractivity contribution in [1.29, 1.82) is 0 Å². The summed E-state index contributed by atoms with van der Waals surface area (Å²) in [6.07, 6.45) is 0.884. The summed E-state index contributed by atoms with van der Waals surface area (Å²) in [7, 11) is 0. The number of rotatable bonds is 8. The highest BCUT2D eigenvalue weighted by Crippen LogP contribution is 2.37. The van der Waals surface area contributed by atoms with E-state index in [1.165, 1.54) is 18.2 Å². The first-order chi connectivity index (χ1) is 16.0. The summed E-state index contributed by atoms with van der Waals surface area (Å²) < 4.78 is 19.6. The number of amides is 2. The summed E-state index contributed by atoms with van der Waals surface area (Å²) in [4.78, 5) is 30.1. The third-order valence-corrected chi connectivity index (χ3v) is 5.40. The Morgan fingerprint density at radius 3 is 2.24 bits per heavy atom. The molecule has 1 heterocycles. The molecule has 4 rings (SSSR count). The predicted molar refractivity (Wildman–Crippen MR) is 128 cm³/mol. The van der Waals surface area contributed by atoms with E-state index < -0.39 is 17.6 Å². The molecule has 0 saturated heterocycles. The standard InChI is InChI=1S/C27H25FN2O3/c1-3-17-33-23-15-13-19(14-16-23)24-25(29(4-2)21-10-6-5-7-11-21)27(32)30(26(24)31)22-12-8-9-20(28)18-22/h5-16,18H,3-4,17H2,1-2H3. The number of imide groups is 1. The van der Waals surface area contributed by atoms with Crippen LogP contribution in [0.4, 0.5) is 15.8 Å². The molecular formula is C27H25FN2O3. The zero-order valence-electron chi connectivity index (χ0n) is 18.6. The van der Waals surface area contributed by atoms with Gasteiger partial charge < -0.3 is 9.64 Å². The van der Waals surface area contributed by atoms with Gasteiger partial charge in [-0.15, -0.1) is 0 Å². The first-order valence-electron chi connectivity index (χ1n) is 11.0. The lowest BCUT2D eigenvalue weighted by Gasteiger charge is -2.25.